The molecule has 3 atom stereocenters. The fourth-order valence-corrected chi connectivity index (χ4v) is 4.86. The number of benzene rings is 3. The van der Waals surface area contributed by atoms with Crippen molar-refractivity contribution in [2.24, 2.45) is 5.92 Å². The first-order chi connectivity index (χ1) is 14.8. The minimum atomic E-state index is -0.0116. The van der Waals surface area contributed by atoms with Gasteiger partial charge in [-0.3, -0.25) is 4.79 Å². The summed E-state index contributed by atoms with van der Waals surface area (Å²) in [5, 5.41) is 6.86. The lowest BCUT2D eigenvalue weighted by Gasteiger charge is -2.38. The van der Waals surface area contributed by atoms with Crippen LogP contribution in [-0.4, -0.2) is 12.5 Å². The highest BCUT2D eigenvalue weighted by atomic mass is 16.1. The van der Waals surface area contributed by atoms with Crippen molar-refractivity contribution in [2.45, 2.75) is 24.8 Å². The molecule has 30 heavy (non-hydrogen) atoms. The normalized spacial score (nSPS) is 21.4. The van der Waals surface area contributed by atoms with E-state index >= 15 is 0 Å². The Bertz CT molecular complexity index is 1060. The van der Waals surface area contributed by atoms with Crippen LogP contribution in [0.4, 0.5) is 5.69 Å². The molecule has 3 heteroatoms. The number of rotatable bonds is 5. The second-order valence-electron chi connectivity index (χ2n) is 8.15. The van der Waals surface area contributed by atoms with Crippen LogP contribution in [0.25, 0.3) is 0 Å². The zero-order valence-corrected chi connectivity index (χ0v) is 16.9. The van der Waals surface area contributed by atoms with Gasteiger partial charge in [0.05, 0.1) is 17.3 Å². The van der Waals surface area contributed by atoms with Crippen LogP contribution in [0.1, 0.15) is 45.4 Å². The molecule has 3 nitrogen and oxygen atoms in total. The summed E-state index contributed by atoms with van der Waals surface area (Å²) in [7, 11) is 0. The van der Waals surface area contributed by atoms with E-state index in [1.165, 1.54) is 16.7 Å². The Balaban J connectivity index is 1.40. The number of fused-ring (bicyclic) bond motifs is 3. The molecule has 0 bridgehead atoms. The molecule has 0 fully saturated rings. The Kier molecular flexibility index (Phi) is 5.10. The average molecular weight is 395 g/mol. The molecule has 0 saturated heterocycles. The average Bonchev–Trinajstić information content (AvgIpc) is 3.30. The Hall–Kier alpha value is -3.33. The molecule has 0 aromatic heterocycles. The van der Waals surface area contributed by atoms with E-state index in [0.717, 1.165) is 24.1 Å². The smallest absolute Gasteiger partial charge is 0.253 e. The number of para-hydroxylation sites is 1. The number of hydrogen-bond donors (Lipinski definition) is 2. The van der Waals surface area contributed by atoms with Crippen molar-refractivity contribution in [3.8, 4) is 0 Å². The van der Waals surface area contributed by atoms with Gasteiger partial charge in [0.25, 0.3) is 5.91 Å². The van der Waals surface area contributed by atoms with Crippen LogP contribution in [0.5, 0.6) is 0 Å². The summed E-state index contributed by atoms with van der Waals surface area (Å²) in [4.78, 5) is 13.1. The Morgan fingerprint density at radius 1 is 0.933 bits per heavy atom. The largest absolute Gasteiger partial charge is 0.377 e. The zero-order valence-electron chi connectivity index (χ0n) is 16.9. The van der Waals surface area contributed by atoms with Crippen molar-refractivity contribution >= 4 is 11.6 Å². The first kappa shape index (κ1) is 18.7. The summed E-state index contributed by atoms with van der Waals surface area (Å²) in [5.41, 5.74) is 5.46. The topological polar surface area (TPSA) is 41.1 Å². The number of nitrogens with one attached hydrogen (secondary N) is 2. The van der Waals surface area contributed by atoms with Gasteiger partial charge in [0.1, 0.15) is 0 Å². The molecule has 1 aliphatic heterocycles. The summed E-state index contributed by atoms with van der Waals surface area (Å²) in [6, 6.07) is 27.2. The van der Waals surface area contributed by atoms with E-state index in [9.17, 15) is 4.79 Å². The van der Waals surface area contributed by atoms with Crippen LogP contribution in [-0.2, 0) is 6.42 Å². The van der Waals surface area contributed by atoms with Gasteiger partial charge in [-0.2, -0.15) is 0 Å². The standard InChI is InChI=1S/C27H26N2O/c30-27(28-18-17-19-9-3-1-4-10-19)24-16-8-15-23-21-13-7-14-22(21)25(29-26(23)24)20-11-5-2-6-12-20/h1-13,15-16,21-22,25,29H,14,17-18H2,(H,28,30). The summed E-state index contributed by atoms with van der Waals surface area (Å²) in [6.07, 6.45) is 6.49. The molecule has 1 amide bonds. The van der Waals surface area contributed by atoms with Crippen LogP contribution >= 0.6 is 0 Å². The Labute approximate surface area is 177 Å². The van der Waals surface area contributed by atoms with Gasteiger partial charge in [0, 0.05) is 12.5 Å². The van der Waals surface area contributed by atoms with Crippen molar-refractivity contribution in [3.63, 3.8) is 0 Å². The second kappa shape index (κ2) is 8.19. The lowest BCUT2D eigenvalue weighted by atomic mass is 9.76. The maximum atomic E-state index is 13.1. The predicted octanol–water partition coefficient (Wildman–Crippen LogP) is 5.49. The van der Waals surface area contributed by atoms with Crippen LogP contribution in [0.3, 0.4) is 0 Å². The fraction of sp³-hybridized carbons (Fsp3) is 0.222. The highest BCUT2D eigenvalue weighted by Crippen LogP contribution is 2.50. The number of carbonyl (C=O) groups is 1. The SMILES string of the molecule is O=C(NCCc1ccccc1)c1cccc2c1NC(c1ccccc1)C1CC=CC21. The van der Waals surface area contributed by atoms with Gasteiger partial charge in [-0.1, -0.05) is 84.9 Å². The predicted molar refractivity (Wildman–Crippen MR) is 122 cm³/mol. The lowest BCUT2D eigenvalue weighted by Crippen LogP contribution is -2.32. The number of hydrogen-bond acceptors (Lipinski definition) is 2. The van der Waals surface area contributed by atoms with E-state index < -0.39 is 0 Å². The molecule has 0 saturated carbocycles. The van der Waals surface area contributed by atoms with Crippen LogP contribution in [0.15, 0.2) is 91.0 Å². The van der Waals surface area contributed by atoms with Crippen molar-refractivity contribution < 1.29 is 4.79 Å². The highest BCUT2D eigenvalue weighted by Gasteiger charge is 2.39. The number of allylic oxidation sites excluding steroid dienone is 2. The summed E-state index contributed by atoms with van der Waals surface area (Å²) >= 11 is 0. The molecule has 2 aliphatic rings. The van der Waals surface area contributed by atoms with E-state index in [2.05, 4.69) is 71.3 Å². The molecular weight excluding hydrogens is 368 g/mol. The Morgan fingerprint density at radius 3 is 2.50 bits per heavy atom. The molecular formula is C27H26N2O. The van der Waals surface area contributed by atoms with Crippen molar-refractivity contribution in [2.75, 3.05) is 11.9 Å². The number of anilines is 1. The molecule has 150 valence electrons. The van der Waals surface area contributed by atoms with Gasteiger partial charge >= 0.3 is 0 Å². The summed E-state index contributed by atoms with van der Waals surface area (Å²) in [6.45, 7) is 0.626. The van der Waals surface area contributed by atoms with E-state index in [4.69, 9.17) is 0 Å². The number of amides is 1. The molecule has 0 spiro atoms. The van der Waals surface area contributed by atoms with E-state index in [1.807, 2.05) is 30.3 Å². The molecule has 1 heterocycles. The molecule has 3 aromatic carbocycles. The van der Waals surface area contributed by atoms with Crippen molar-refractivity contribution in [1.29, 1.82) is 0 Å². The summed E-state index contributed by atoms with van der Waals surface area (Å²) in [5.74, 6) is 0.822. The third-order valence-corrected chi connectivity index (χ3v) is 6.34. The maximum Gasteiger partial charge on any atom is 0.253 e. The summed E-state index contributed by atoms with van der Waals surface area (Å²) < 4.78 is 0. The van der Waals surface area contributed by atoms with Gasteiger partial charge in [-0.25, -0.2) is 0 Å². The highest BCUT2D eigenvalue weighted by molar-refractivity contribution is 6.00. The Morgan fingerprint density at radius 2 is 1.70 bits per heavy atom. The molecule has 2 N–H and O–H groups in total. The molecule has 3 aromatic rings. The first-order valence-electron chi connectivity index (χ1n) is 10.7. The van der Waals surface area contributed by atoms with Gasteiger partial charge in [0.2, 0.25) is 0 Å². The third-order valence-electron chi connectivity index (χ3n) is 6.34. The van der Waals surface area contributed by atoms with E-state index in [-0.39, 0.29) is 11.9 Å². The lowest BCUT2D eigenvalue weighted by molar-refractivity contribution is 0.0954. The fourth-order valence-electron chi connectivity index (χ4n) is 4.86. The van der Waals surface area contributed by atoms with Gasteiger partial charge in [0.15, 0.2) is 0 Å². The van der Waals surface area contributed by atoms with E-state index in [1.54, 1.807) is 0 Å². The van der Waals surface area contributed by atoms with Crippen LogP contribution in [0, 0.1) is 5.92 Å². The zero-order chi connectivity index (χ0) is 20.3. The van der Waals surface area contributed by atoms with Gasteiger partial charge in [-0.05, 0) is 41.5 Å². The molecule has 5 rings (SSSR count). The minimum absolute atomic E-state index is 0.0116. The van der Waals surface area contributed by atoms with E-state index in [0.29, 0.717) is 18.4 Å². The minimum Gasteiger partial charge on any atom is -0.377 e. The van der Waals surface area contributed by atoms with Gasteiger partial charge in [-0.15, -0.1) is 0 Å². The molecule has 3 unspecified atom stereocenters. The third kappa shape index (κ3) is 3.52. The first-order valence-corrected chi connectivity index (χ1v) is 10.7. The molecule has 0 radical (unpaired) electrons. The number of carbonyl (C=O) groups excluding carboxylic acids is 1. The molecule has 1 aliphatic carbocycles. The van der Waals surface area contributed by atoms with Crippen molar-refractivity contribution in [1.82, 2.24) is 5.32 Å². The maximum absolute atomic E-state index is 13.1. The van der Waals surface area contributed by atoms with Crippen molar-refractivity contribution in [3.05, 3.63) is 113 Å². The van der Waals surface area contributed by atoms with Gasteiger partial charge < -0.3 is 10.6 Å². The van der Waals surface area contributed by atoms with Crippen LogP contribution < -0.4 is 10.6 Å². The quantitative estimate of drug-likeness (QED) is 0.562. The van der Waals surface area contributed by atoms with Crippen LogP contribution in [0.2, 0.25) is 0 Å². The monoisotopic (exact) mass is 394 g/mol. The second-order valence-corrected chi connectivity index (χ2v) is 8.15.